The molecule has 0 atom stereocenters. The summed E-state index contributed by atoms with van der Waals surface area (Å²) in [5.41, 5.74) is 2.63. The van der Waals surface area contributed by atoms with E-state index in [9.17, 15) is 15.0 Å². The van der Waals surface area contributed by atoms with Crippen molar-refractivity contribution < 1.29 is 15.0 Å². The Morgan fingerprint density at radius 2 is 1.80 bits per heavy atom. The third-order valence-electron chi connectivity index (χ3n) is 2.91. The number of halogens is 1. The van der Waals surface area contributed by atoms with E-state index in [0.717, 1.165) is 11.1 Å². The van der Waals surface area contributed by atoms with Gasteiger partial charge < -0.3 is 15.5 Å². The minimum absolute atomic E-state index is 0.233. The molecular weight excluding hydrogens is 278 g/mol. The largest absolute Gasteiger partial charge is 0.504 e. The number of nitrogens with one attached hydrogen (secondary N) is 1. The van der Waals surface area contributed by atoms with Crippen molar-refractivity contribution in [1.29, 1.82) is 0 Å². The third kappa shape index (κ3) is 2.86. The van der Waals surface area contributed by atoms with Crippen LogP contribution in [0.15, 0.2) is 30.3 Å². The Hall–Kier alpha value is -2.20. The van der Waals surface area contributed by atoms with Crippen LogP contribution >= 0.6 is 11.6 Å². The number of rotatable bonds is 2. The van der Waals surface area contributed by atoms with Crippen LogP contribution in [-0.4, -0.2) is 16.1 Å². The first kappa shape index (κ1) is 14.2. The molecule has 2 rings (SSSR count). The van der Waals surface area contributed by atoms with E-state index in [2.05, 4.69) is 5.32 Å². The zero-order valence-corrected chi connectivity index (χ0v) is 11.8. The van der Waals surface area contributed by atoms with Gasteiger partial charge in [0.15, 0.2) is 11.5 Å². The lowest BCUT2D eigenvalue weighted by molar-refractivity contribution is 0.102. The average molecular weight is 292 g/mol. The van der Waals surface area contributed by atoms with Crippen LogP contribution in [0.2, 0.25) is 5.02 Å². The zero-order chi connectivity index (χ0) is 14.9. The first-order valence-electron chi connectivity index (χ1n) is 5.98. The molecule has 2 aromatic rings. The second-order valence-corrected chi connectivity index (χ2v) is 5.00. The summed E-state index contributed by atoms with van der Waals surface area (Å²) in [7, 11) is 0. The number of aromatic hydroxyl groups is 2. The molecule has 0 heterocycles. The van der Waals surface area contributed by atoms with E-state index in [1.54, 1.807) is 6.07 Å². The minimum atomic E-state index is -0.408. The van der Waals surface area contributed by atoms with Gasteiger partial charge in [0.1, 0.15) is 0 Å². The minimum Gasteiger partial charge on any atom is -0.504 e. The number of carbonyl (C=O) groups is 1. The summed E-state index contributed by atoms with van der Waals surface area (Å²) in [6.45, 7) is 3.77. The number of phenolic OH excluding ortho intramolecular Hbond substituents is 2. The summed E-state index contributed by atoms with van der Waals surface area (Å²) >= 11 is 6.12. The topological polar surface area (TPSA) is 69.6 Å². The molecule has 0 aliphatic heterocycles. The molecule has 0 spiro atoms. The molecule has 104 valence electrons. The molecule has 0 radical (unpaired) electrons. The maximum absolute atomic E-state index is 12.1. The molecule has 4 nitrogen and oxygen atoms in total. The van der Waals surface area contributed by atoms with E-state index in [1.165, 1.54) is 18.2 Å². The number of phenols is 2. The second kappa shape index (κ2) is 5.43. The molecule has 0 fully saturated rings. The van der Waals surface area contributed by atoms with E-state index in [1.807, 2.05) is 19.9 Å². The Morgan fingerprint density at radius 3 is 2.40 bits per heavy atom. The first-order valence-corrected chi connectivity index (χ1v) is 6.36. The highest BCUT2D eigenvalue weighted by Crippen LogP contribution is 2.29. The van der Waals surface area contributed by atoms with Gasteiger partial charge in [0, 0.05) is 5.56 Å². The van der Waals surface area contributed by atoms with Crippen molar-refractivity contribution in [2.45, 2.75) is 13.8 Å². The van der Waals surface area contributed by atoms with Crippen LogP contribution in [0.5, 0.6) is 11.5 Å². The lowest BCUT2D eigenvalue weighted by Gasteiger charge is -2.12. The van der Waals surface area contributed by atoms with Gasteiger partial charge in [-0.1, -0.05) is 17.7 Å². The summed E-state index contributed by atoms with van der Waals surface area (Å²) in [6.07, 6.45) is 0. The molecule has 1 amide bonds. The summed E-state index contributed by atoms with van der Waals surface area (Å²) in [6, 6.07) is 7.55. The highest BCUT2D eigenvalue weighted by Gasteiger charge is 2.12. The van der Waals surface area contributed by atoms with Crippen LogP contribution in [0, 0.1) is 13.8 Å². The number of amides is 1. The predicted molar refractivity (Wildman–Crippen MR) is 78.7 cm³/mol. The van der Waals surface area contributed by atoms with Gasteiger partial charge in [-0.05, 0) is 49.2 Å². The fourth-order valence-corrected chi connectivity index (χ4v) is 2.29. The van der Waals surface area contributed by atoms with E-state index in [-0.39, 0.29) is 17.1 Å². The lowest BCUT2D eigenvalue weighted by Crippen LogP contribution is -2.13. The predicted octanol–water partition coefficient (Wildman–Crippen LogP) is 3.62. The molecule has 0 aliphatic carbocycles. The van der Waals surface area contributed by atoms with Crippen LogP contribution in [0.4, 0.5) is 5.69 Å². The normalized spacial score (nSPS) is 10.3. The molecular formula is C15H14ClNO3. The molecule has 0 unspecified atom stereocenters. The lowest BCUT2D eigenvalue weighted by atomic mass is 10.1. The fraction of sp³-hybridized carbons (Fsp3) is 0.133. The molecule has 3 N–H and O–H groups in total. The summed E-state index contributed by atoms with van der Waals surface area (Å²) < 4.78 is 0. The van der Waals surface area contributed by atoms with Gasteiger partial charge in [0.05, 0.1) is 10.7 Å². The molecule has 5 heteroatoms. The smallest absolute Gasteiger partial charge is 0.255 e. The van der Waals surface area contributed by atoms with E-state index >= 15 is 0 Å². The van der Waals surface area contributed by atoms with Crippen LogP contribution in [-0.2, 0) is 0 Å². The van der Waals surface area contributed by atoms with E-state index in [4.69, 9.17) is 11.6 Å². The van der Waals surface area contributed by atoms with Crippen LogP contribution in [0.3, 0.4) is 0 Å². The van der Waals surface area contributed by atoms with Gasteiger partial charge in [-0.2, -0.15) is 0 Å². The van der Waals surface area contributed by atoms with Crippen molar-refractivity contribution in [2.75, 3.05) is 5.32 Å². The van der Waals surface area contributed by atoms with Gasteiger partial charge in [-0.25, -0.2) is 0 Å². The Bertz CT molecular complexity index is 660. The molecule has 2 aromatic carbocycles. The number of carbonyl (C=O) groups excluding carboxylic acids is 1. The van der Waals surface area contributed by atoms with Crippen LogP contribution < -0.4 is 5.32 Å². The molecule has 20 heavy (non-hydrogen) atoms. The average Bonchev–Trinajstić information content (AvgIpc) is 2.36. The number of anilines is 1. The van der Waals surface area contributed by atoms with Crippen molar-refractivity contribution in [3.05, 3.63) is 52.0 Å². The van der Waals surface area contributed by atoms with Gasteiger partial charge in [-0.3, -0.25) is 4.79 Å². The first-order chi connectivity index (χ1) is 9.38. The van der Waals surface area contributed by atoms with Crippen molar-refractivity contribution in [3.63, 3.8) is 0 Å². The molecule has 0 saturated carbocycles. The van der Waals surface area contributed by atoms with Gasteiger partial charge in [0.25, 0.3) is 5.91 Å². The molecule has 0 saturated heterocycles. The van der Waals surface area contributed by atoms with Crippen molar-refractivity contribution in [1.82, 2.24) is 0 Å². The number of benzene rings is 2. The third-order valence-corrected chi connectivity index (χ3v) is 3.21. The zero-order valence-electron chi connectivity index (χ0n) is 11.1. The van der Waals surface area contributed by atoms with Crippen molar-refractivity contribution in [3.8, 4) is 11.5 Å². The second-order valence-electron chi connectivity index (χ2n) is 4.60. The quantitative estimate of drug-likeness (QED) is 0.740. The molecule has 0 aromatic heterocycles. The maximum atomic E-state index is 12.1. The molecule has 0 bridgehead atoms. The SMILES string of the molecule is Cc1cc(C)c(NC(=O)c2ccc(O)c(O)c2)c(Cl)c1. The molecule has 0 aliphatic rings. The maximum Gasteiger partial charge on any atom is 0.255 e. The van der Waals surface area contributed by atoms with E-state index < -0.39 is 5.91 Å². The fourth-order valence-electron chi connectivity index (χ4n) is 1.92. The highest BCUT2D eigenvalue weighted by molar-refractivity contribution is 6.34. The Morgan fingerprint density at radius 1 is 1.10 bits per heavy atom. The monoisotopic (exact) mass is 291 g/mol. The standard InChI is InChI=1S/C15H14ClNO3/c1-8-5-9(2)14(11(16)6-8)17-15(20)10-3-4-12(18)13(19)7-10/h3-7,18-19H,1-2H3,(H,17,20). The van der Waals surface area contributed by atoms with Crippen LogP contribution in [0.1, 0.15) is 21.5 Å². The summed E-state index contributed by atoms with van der Waals surface area (Å²) in [5.74, 6) is -1.02. The summed E-state index contributed by atoms with van der Waals surface area (Å²) in [4.78, 5) is 12.1. The number of hydrogen-bond donors (Lipinski definition) is 3. The Balaban J connectivity index is 2.30. The Kier molecular flexibility index (Phi) is 3.86. The van der Waals surface area contributed by atoms with Crippen LogP contribution in [0.25, 0.3) is 0 Å². The number of hydrogen-bond acceptors (Lipinski definition) is 3. The Labute approximate surface area is 121 Å². The van der Waals surface area contributed by atoms with E-state index in [0.29, 0.717) is 10.7 Å². The van der Waals surface area contributed by atoms with Gasteiger partial charge in [0.2, 0.25) is 0 Å². The van der Waals surface area contributed by atoms with Crippen molar-refractivity contribution >= 4 is 23.2 Å². The van der Waals surface area contributed by atoms with Gasteiger partial charge in [-0.15, -0.1) is 0 Å². The number of aryl methyl sites for hydroxylation is 2. The van der Waals surface area contributed by atoms with Crippen molar-refractivity contribution in [2.24, 2.45) is 0 Å². The highest BCUT2D eigenvalue weighted by atomic mass is 35.5. The summed E-state index contributed by atoms with van der Waals surface area (Å²) in [5, 5.41) is 21.8. The van der Waals surface area contributed by atoms with Gasteiger partial charge >= 0.3 is 0 Å².